The number of carbonyl (C=O) groups excluding carboxylic acids is 2. The minimum atomic E-state index is -0.392. The van der Waals surface area contributed by atoms with Gasteiger partial charge in [0, 0.05) is 19.4 Å². The van der Waals surface area contributed by atoms with E-state index in [-0.39, 0.29) is 30.8 Å². The third-order valence-electron chi connectivity index (χ3n) is 5.48. The molecule has 1 aromatic rings. The van der Waals surface area contributed by atoms with Gasteiger partial charge < -0.3 is 19.3 Å². The Morgan fingerprint density at radius 1 is 1.03 bits per heavy atom. The van der Waals surface area contributed by atoms with Gasteiger partial charge >= 0.3 is 11.9 Å². The molecule has 1 aliphatic rings. The monoisotopic (exact) mass is 470 g/mol. The minimum absolute atomic E-state index is 0.0426. The molecule has 3 atom stereocenters. The van der Waals surface area contributed by atoms with Crippen LogP contribution in [0.3, 0.4) is 0 Å². The van der Waals surface area contributed by atoms with Crippen molar-refractivity contribution in [3.05, 3.63) is 72.4 Å². The Labute approximate surface area is 203 Å². The maximum Gasteiger partial charge on any atom is 0.338 e. The molecular weight excluding hydrogens is 432 g/mol. The number of benzene rings is 1. The van der Waals surface area contributed by atoms with Gasteiger partial charge in [-0.05, 0) is 56.7 Å². The number of rotatable bonds is 17. The summed E-state index contributed by atoms with van der Waals surface area (Å²) in [6, 6.07) is 8.96. The number of carbonyl (C=O) groups is 2. The van der Waals surface area contributed by atoms with Crippen LogP contribution in [-0.2, 0) is 19.0 Å². The number of allylic oxidation sites excluding steroid dienone is 2. The third-order valence-corrected chi connectivity index (χ3v) is 5.48. The Morgan fingerprint density at radius 2 is 1.79 bits per heavy atom. The van der Waals surface area contributed by atoms with Crippen LogP contribution in [0.5, 0.6) is 0 Å². The van der Waals surface area contributed by atoms with E-state index in [0.29, 0.717) is 18.4 Å². The van der Waals surface area contributed by atoms with Crippen LogP contribution in [0.15, 0.2) is 66.8 Å². The maximum atomic E-state index is 12.5. The molecule has 1 aromatic carbocycles. The lowest BCUT2D eigenvalue weighted by molar-refractivity contribution is -0.140. The van der Waals surface area contributed by atoms with Crippen molar-refractivity contribution in [2.45, 2.75) is 76.1 Å². The van der Waals surface area contributed by atoms with Crippen molar-refractivity contribution < 1.29 is 28.9 Å². The van der Waals surface area contributed by atoms with Crippen molar-refractivity contribution in [1.82, 2.24) is 0 Å². The molecule has 2 rings (SSSR count). The van der Waals surface area contributed by atoms with E-state index < -0.39 is 6.10 Å². The summed E-state index contributed by atoms with van der Waals surface area (Å²) in [5, 5.41) is 8.80. The Morgan fingerprint density at radius 3 is 2.56 bits per heavy atom. The second kappa shape index (κ2) is 16.8. The number of aliphatic hydroxyl groups excluding tert-OH is 1. The van der Waals surface area contributed by atoms with Crippen molar-refractivity contribution in [3.8, 4) is 0 Å². The SMILES string of the molecule is COC(=O)CCC/C=C\C[C@@H](/C=C/[C@@H]1O[C@H]1C/C=C\CCCCCO)OC(=O)c1ccccc1. The number of unbranched alkanes of at least 4 members (excludes halogenated alkanes) is 4. The van der Waals surface area contributed by atoms with Gasteiger partial charge in [-0.2, -0.15) is 0 Å². The highest BCUT2D eigenvalue weighted by Crippen LogP contribution is 2.27. The topological polar surface area (TPSA) is 85.4 Å². The zero-order valence-electron chi connectivity index (χ0n) is 20.1. The van der Waals surface area contributed by atoms with E-state index in [0.717, 1.165) is 44.9 Å². The average molecular weight is 471 g/mol. The molecule has 1 aliphatic heterocycles. The molecule has 1 N–H and O–H groups in total. The van der Waals surface area contributed by atoms with Crippen molar-refractivity contribution in [2.24, 2.45) is 0 Å². The molecule has 34 heavy (non-hydrogen) atoms. The molecule has 1 fully saturated rings. The highest BCUT2D eigenvalue weighted by atomic mass is 16.6. The zero-order valence-corrected chi connectivity index (χ0v) is 20.1. The fourth-order valence-corrected chi connectivity index (χ4v) is 3.41. The molecule has 186 valence electrons. The van der Waals surface area contributed by atoms with E-state index in [1.54, 1.807) is 12.1 Å². The van der Waals surface area contributed by atoms with Crippen molar-refractivity contribution in [2.75, 3.05) is 13.7 Å². The Kier molecular flexibility index (Phi) is 13.6. The summed E-state index contributed by atoms with van der Waals surface area (Å²) in [6.45, 7) is 0.264. The number of methoxy groups -OCH3 is 1. The fraction of sp³-hybridized carbons (Fsp3) is 0.500. The van der Waals surface area contributed by atoms with E-state index in [4.69, 9.17) is 14.6 Å². The lowest BCUT2D eigenvalue weighted by atomic mass is 10.1. The second-order valence-electron chi connectivity index (χ2n) is 8.29. The maximum absolute atomic E-state index is 12.5. The molecule has 0 aliphatic carbocycles. The predicted molar refractivity (Wildman–Crippen MR) is 132 cm³/mol. The van der Waals surface area contributed by atoms with E-state index in [2.05, 4.69) is 16.9 Å². The van der Waals surface area contributed by atoms with Gasteiger partial charge in [0.05, 0.1) is 18.8 Å². The molecule has 0 radical (unpaired) electrons. The Balaban J connectivity index is 1.79. The van der Waals surface area contributed by atoms with E-state index in [1.165, 1.54) is 7.11 Å². The molecule has 1 heterocycles. The van der Waals surface area contributed by atoms with Crippen molar-refractivity contribution >= 4 is 11.9 Å². The van der Waals surface area contributed by atoms with Gasteiger partial charge in [0.2, 0.25) is 0 Å². The zero-order chi connectivity index (χ0) is 24.4. The smallest absolute Gasteiger partial charge is 0.338 e. The van der Waals surface area contributed by atoms with Gasteiger partial charge in [0.1, 0.15) is 12.2 Å². The van der Waals surface area contributed by atoms with Crippen molar-refractivity contribution in [1.29, 1.82) is 0 Å². The summed E-state index contributed by atoms with van der Waals surface area (Å²) in [6.07, 6.45) is 19.4. The summed E-state index contributed by atoms with van der Waals surface area (Å²) >= 11 is 0. The number of epoxide rings is 1. The first kappa shape index (κ1) is 27.5. The van der Waals surface area contributed by atoms with Crippen LogP contribution in [-0.4, -0.2) is 49.1 Å². The average Bonchev–Trinajstić information content (AvgIpc) is 3.62. The highest BCUT2D eigenvalue weighted by Gasteiger charge is 2.35. The van der Waals surface area contributed by atoms with Crippen LogP contribution in [0.2, 0.25) is 0 Å². The molecule has 0 saturated carbocycles. The summed E-state index contributed by atoms with van der Waals surface area (Å²) < 4.78 is 16.1. The number of aliphatic hydroxyl groups is 1. The molecule has 0 amide bonds. The molecule has 0 spiro atoms. The summed E-state index contributed by atoms with van der Waals surface area (Å²) in [4.78, 5) is 23.7. The fourth-order valence-electron chi connectivity index (χ4n) is 3.41. The van der Waals surface area contributed by atoms with Crippen LogP contribution in [0.4, 0.5) is 0 Å². The van der Waals surface area contributed by atoms with Gasteiger partial charge in [0.15, 0.2) is 0 Å². The molecule has 6 nitrogen and oxygen atoms in total. The molecule has 6 heteroatoms. The van der Waals surface area contributed by atoms with Gasteiger partial charge in [-0.3, -0.25) is 4.79 Å². The first-order valence-electron chi connectivity index (χ1n) is 12.2. The lowest BCUT2D eigenvalue weighted by Gasteiger charge is -2.12. The van der Waals surface area contributed by atoms with E-state index >= 15 is 0 Å². The first-order chi connectivity index (χ1) is 16.6. The standard InChI is InChI=1S/C28H38O6/c1-32-27(30)19-13-6-5-11-17-24(33-28(31)23-15-9-8-10-16-23)20-21-26-25(34-26)18-12-4-2-3-7-14-22-29/h4-5,8-12,15-16,20-21,24-26,29H,2-3,6-7,13-14,17-19,22H2,1H3/b11-5-,12-4-,21-20+/t24-,25-,26-/m0/s1. The second-order valence-corrected chi connectivity index (χ2v) is 8.29. The van der Waals surface area contributed by atoms with Crippen LogP contribution in [0.1, 0.15) is 68.1 Å². The van der Waals surface area contributed by atoms with Gasteiger partial charge in [-0.25, -0.2) is 4.79 Å². The Bertz CT molecular complexity index is 798. The summed E-state index contributed by atoms with van der Waals surface area (Å²) in [7, 11) is 1.39. The minimum Gasteiger partial charge on any atom is -0.469 e. The van der Waals surface area contributed by atoms with Crippen molar-refractivity contribution in [3.63, 3.8) is 0 Å². The van der Waals surface area contributed by atoms with Gasteiger partial charge in [-0.1, -0.05) is 55.0 Å². The quantitative estimate of drug-likeness (QED) is 0.143. The van der Waals surface area contributed by atoms with E-state index in [1.807, 2.05) is 42.5 Å². The Hall–Kier alpha value is -2.70. The molecule has 0 bridgehead atoms. The van der Waals surface area contributed by atoms with E-state index in [9.17, 15) is 9.59 Å². The first-order valence-corrected chi connectivity index (χ1v) is 12.2. The van der Waals surface area contributed by atoms with Crippen LogP contribution in [0, 0.1) is 0 Å². The molecule has 1 saturated heterocycles. The normalized spacial score (nSPS) is 18.5. The molecular formula is C28H38O6. The molecule has 0 unspecified atom stereocenters. The van der Waals surface area contributed by atoms with Crippen LogP contribution < -0.4 is 0 Å². The molecule has 0 aromatic heterocycles. The van der Waals surface area contributed by atoms with Crippen LogP contribution >= 0.6 is 0 Å². The van der Waals surface area contributed by atoms with Gasteiger partial charge in [0.25, 0.3) is 0 Å². The third kappa shape index (κ3) is 12.0. The highest BCUT2D eigenvalue weighted by molar-refractivity contribution is 5.89. The number of hydrogen-bond donors (Lipinski definition) is 1. The number of hydrogen-bond acceptors (Lipinski definition) is 6. The predicted octanol–water partition coefficient (Wildman–Crippen LogP) is 5.32. The summed E-state index contributed by atoms with van der Waals surface area (Å²) in [5.74, 6) is -0.562. The summed E-state index contributed by atoms with van der Waals surface area (Å²) in [5.41, 5.74) is 0.521. The number of esters is 2. The number of ether oxygens (including phenoxy) is 3. The largest absolute Gasteiger partial charge is 0.469 e. The van der Waals surface area contributed by atoms with Crippen LogP contribution in [0.25, 0.3) is 0 Å². The lowest BCUT2D eigenvalue weighted by Crippen LogP contribution is -2.16. The van der Waals surface area contributed by atoms with Gasteiger partial charge in [-0.15, -0.1) is 0 Å².